The standard InChI is InChI=1S/C11H26N2O2S/c1-6-11(9-12-10(2)3)13(4)7-8-16(5,14)15/h10-12H,6-9H2,1-5H3. The monoisotopic (exact) mass is 250 g/mol. The second-order valence-corrected chi connectivity index (χ2v) is 7.00. The Balaban J connectivity index is 4.05. The van der Waals surface area contributed by atoms with Gasteiger partial charge >= 0.3 is 0 Å². The minimum atomic E-state index is -2.85. The summed E-state index contributed by atoms with van der Waals surface area (Å²) >= 11 is 0. The van der Waals surface area contributed by atoms with Crippen molar-refractivity contribution >= 4 is 9.84 Å². The van der Waals surface area contributed by atoms with Gasteiger partial charge in [-0.2, -0.15) is 0 Å². The summed E-state index contributed by atoms with van der Waals surface area (Å²) in [7, 11) is -0.867. The van der Waals surface area contributed by atoms with Gasteiger partial charge in [-0.05, 0) is 13.5 Å². The van der Waals surface area contributed by atoms with Crippen molar-refractivity contribution in [2.75, 3.05) is 32.1 Å². The third-order valence-electron chi connectivity index (χ3n) is 2.67. The minimum Gasteiger partial charge on any atom is -0.313 e. The Hall–Kier alpha value is -0.130. The molecule has 0 bridgehead atoms. The molecular weight excluding hydrogens is 224 g/mol. The molecule has 0 aliphatic carbocycles. The maximum atomic E-state index is 11.1. The number of nitrogens with zero attached hydrogens (tertiary/aromatic N) is 1. The molecule has 0 heterocycles. The largest absolute Gasteiger partial charge is 0.313 e. The molecule has 16 heavy (non-hydrogen) atoms. The SMILES string of the molecule is CCC(CNC(C)C)N(C)CCS(C)(=O)=O. The molecule has 0 saturated carbocycles. The van der Waals surface area contributed by atoms with Crippen LogP contribution in [0.25, 0.3) is 0 Å². The van der Waals surface area contributed by atoms with Crippen molar-refractivity contribution in [2.24, 2.45) is 0 Å². The van der Waals surface area contributed by atoms with E-state index in [1.807, 2.05) is 7.05 Å². The van der Waals surface area contributed by atoms with Crippen LogP contribution in [0.5, 0.6) is 0 Å². The van der Waals surface area contributed by atoms with E-state index in [1.165, 1.54) is 6.26 Å². The minimum absolute atomic E-state index is 0.238. The fraction of sp³-hybridized carbons (Fsp3) is 1.00. The van der Waals surface area contributed by atoms with Crippen molar-refractivity contribution in [3.05, 3.63) is 0 Å². The average Bonchev–Trinajstić information content (AvgIpc) is 2.14. The van der Waals surface area contributed by atoms with Crippen molar-refractivity contribution in [1.82, 2.24) is 10.2 Å². The molecule has 0 spiro atoms. The van der Waals surface area contributed by atoms with Gasteiger partial charge in [0, 0.05) is 31.4 Å². The predicted molar refractivity (Wildman–Crippen MR) is 69.6 cm³/mol. The van der Waals surface area contributed by atoms with E-state index in [0.717, 1.165) is 13.0 Å². The first-order valence-corrected chi connectivity index (χ1v) is 7.93. The van der Waals surface area contributed by atoms with Gasteiger partial charge in [0.1, 0.15) is 9.84 Å². The molecule has 5 heteroatoms. The zero-order valence-electron chi connectivity index (χ0n) is 11.2. The summed E-state index contributed by atoms with van der Waals surface area (Å²) in [5.74, 6) is 0.238. The van der Waals surface area contributed by atoms with E-state index < -0.39 is 9.84 Å². The Labute approximate surface area is 100 Å². The molecule has 0 amide bonds. The van der Waals surface area contributed by atoms with Crippen LogP contribution in [-0.4, -0.2) is 57.5 Å². The number of hydrogen-bond donors (Lipinski definition) is 1. The van der Waals surface area contributed by atoms with Crippen LogP contribution in [0.1, 0.15) is 27.2 Å². The molecule has 0 fully saturated rings. The van der Waals surface area contributed by atoms with Gasteiger partial charge in [0.25, 0.3) is 0 Å². The number of rotatable bonds is 8. The lowest BCUT2D eigenvalue weighted by atomic mass is 10.2. The van der Waals surface area contributed by atoms with Crippen molar-refractivity contribution in [3.63, 3.8) is 0 Å². The Kier molecular flexibility index (Phi) is 7.19. The van der Waals surface area contributed by atoms with Crippen LogP contribution in [-0.2, 0) is 9.84 Å². The second-order valence-electron chi connectivity index (χ2n) is 4.74. The summed E-state index contributed by atoms with van der Waals surface area (Å²) in [5, 5.41) is 3.38. The van der Waals surface area contributed by atoms with Crippen molar-refractivity contribution < 1.29 is 8.42 Å². The molecule has 1 N–H and O–H groups in total. The molecule has 0 aliphatic heterocycles. The highest BCUT2D eigenvalue weighted by molar-refractivity contribution is 7.90. The van der Waals surface area contributed by atoms with E-state index in [4.69, 9.17) is 0 Å². The highest BCUT2D eigenvalue weighted by Crippen LogP contribution is 2.01. The molecule has 0 aromatic heterocycles. The van der Waals surface area contributed by atoms with Crippen LogP contribution in [0.4, 0.5) is 0 Å². The molecule has 0 aromatic rings. The fourth-order valence-electron chi connectivity index (χ4n) is 1.48. The summed E-state index contributed by atoms with van der Waals surface area (Å²) in [6.45, 7) is 7.88. The van der Waals surface area contributed by atoms with E-state index in [1.54, 1.807) is 0 Å². The average molecular weight is 250 g/mol. The zero-order valence-corrected chi connectivity index (χ0v) is 12.0. The first kappa shape index (κ1) is 15.9. The molecule has 1 unspecified atom stereocenters. The zero-order chi connectivity index (χ0) is 12.8. The van der Waals surface area contributed by atoms with E-state index >= 15 is 0 Å². The third-order valence-corrected chi connectivity index (χ3v) is 3.60. The Morgan fingerprint density at radius 3 is 2.25 bits per heavy atom. The Morgan fingerprint density at radius 1 is 1.31 bits per heavy atom. The third kappa shape index (κ3) is 8.07. The second kappa shape index (κ2) is 7.25. The highest BCUT2D eigenvalue weighted by atomic mass is 32.2. The molecule has 4 nitrogen and oxygen atoms in total. The summed E-state index contributed by atoms with van der Waals surface area (Å²) in [6.07, 6.45) is 2.31. The van der Waals surface area contributed by atoms with Gasteiger partial charge in [0.2, 0.25) is 0 Å². The molecule has 1 atom stereocenters. The molecule has 0 radical (unpaired) electrons. The molecule has 98 valence electrons. The van der Waals surface area contributed by atoms with Gasteiger partial charge in [-0.3, -0.25) is 0 Å². The van der Waals surface area contributed by atoms with Crippen LogP contribution in [0.2, 0.25) is 0 Å². The summed E-state index contributed by atoms with van der Waals surface area (Å²) in [6, 6.07) is 0.876. The van der Waals surface area contributed by atoms with Gasteiger partial charge < -0.3 is 10.2 Å². The van der Waals surface area contributed by atoms with Crippen LogP contribution in [0, 0.1) is 0 Å². The number of sulfone groups is 1. The van der Waals surface area contributed by atoms with Crippen molar-refractivity contribution in [1.29, 1.82) is 0 Å². The summed E-state index contributed by atoms with van der Waals surface area (Å²) < 4.78 is 22.1. The van der Waals surface area contributed by atoms with Crippen LogP contribution in [0.3, 0.4) is 0 Å². The Morgan fingerprint density at radius 2 is 1.88 bits per heavy atom. The van der Waals surface area contributed by atoms with Crippen LogP contribution < -0.4 is 5.32 Å². The first-order valence-electron chi connectivity index (χ1n) is 5.87. The smallest absolute Gasteiger partial charge is 0.148 e. The quantitative estimate of drug-likeness (QED) is 0.690. The fourth-order valence-corrected chi connectivity index (χ4v) is 2.10. The summed E-state index contributed by atoms with van der Waals surface area (Å²) in [4.78, 5) is 2.12. The molecular formula is C11H26N2O2S. The van der Waals surface area contributed by atoms with E-state index in [-0.39, 0.29) is 5.75 Å². The lowest BCUT2D eigenvalue weighted by Crippen LogP contribution is -2.43. The lowest BCUT2D eigenvalue weighted by Gasteiger charge is -2.28. The van der Waals surface area contributed by atoms with Gasteiger partial charge in [0.05, 0.1) is 5.75 Å². The van der Waals surface area contributed by atoms with E-state index in [9.17, 15) is 8.42 Å². The van der Waals surface area contributed by atoms with Crippen molar-refractivity contribution in [2.45, 2.75) is 39.3 Å². The summed E-state index contributed by atoms with van der Waals surface area (Å²) in [5.41, 5.74) is 0. The Bertz CT molecular complexity index is 276. The number of nitrogens with one attached hydrogen (secondary N) is 1. The molecule has 0 aromatic carbocycles. The highest BCUT2D eigenvalue weighted by Gasteiger charge is 2.14. The molecule has 0 saturated heterocycles. The maximum absolute atomic E-state index is 11.1. The number of hydrogen-bond acceptors (Lipinski definition) is 4. The normalized spacial score (nSPS) is 14.7. The van der Waals surface area contributed by atoms with E-state index in [2.05, 4.69) is 31.0 Å². The predicted octanol–water partition coefficient (Wildman–Crippen LogP) is 0.739. The topological polar surface area (TPSA) is 49.4 Å². The lowest BCUT2D eigenvalue weighted by molar-refractivity contribution is 0.237. The van der Waals surface area contributed by atoms with Gasteiger partial charge in [-0.25, -0.2) is 8.42 Å². The molecule has 0 rings (SSSR count). The van der Waals surface area contributed by atoms with Crippen LogP contribution >= 0.6 is 0 Å². The van der Waals surface area contributed by atoms with Gasteiger partial charge in [0.15, 0.2) is 0 Å². The number of likely N-dealkylation sites (N-methyl/N-ethyl adjacent to an activating group) is 1. The van der Waals surface area contributed by atoms with E-state index in [0.29, 0.717) is 18.6 Å². The van der Waals surface area contributed by atoms with Crippen LogP contribution in [0.15, 0.2) is 0 Å². The van der Waals surface area contributed by atoms with Gasteiger partial charge in [-0.1, -0.05) is 20.8 Å². The van der Waals surface area contributed by atoms with Gasteiger partial charge in [-0.15, -0.1) is 0 Å². The van der Waals surface area contributed by atoms with Crippen molar-refractivity contribution in [3.8, 4) is 0 Å². The molecule has 0 aliphatic rings. The maximum Gasteiger partial charge on any atom is 0.148 e. The first-order chi connectivity index (χ1) is 7.26.